The first kappa shape index (κ1) is 11.4. The van der Waals surface area contributed by atoms with Crippen LogP contribution in [-0.4, -0.2) is 23.9 Å². The highest BCUT2D eigenvalue weighted by Crippen LogP contribution is 2.50. The lowest BCUT2D eigenvalue weighted by atomic mass is 9.63. The largest absolute Gasteiger partial charge is 0.487 e. The van der Waals surface area contributed by atoms with Gasteiger partial charge in [-0.25, -0.2) is 8.78 Å². The molecular weight excluding hydrogens is 243 g/mol. The minimum absolute atomic E-state index is 0.0775. The zero-order chi connectivity index (χ0) is 12.0. The van der Waals surface area contributed by atoms with Crippen LogP contribution in [0.3, 0.4) is 0 Å². The Bertz CT molecular complexity index is 440. The summed E-state index contributed by atoms with van der Waals surface area (Å²) in [5, 5.41) is 0. The van der Waals surface area contributed by atoms with Crippen molar-refractivity contribution < 1.29 is 13.5 Å². The van der Waals surface area contributed by atoms with Crippen molar-refractivity contribution in [2.45, 2.75) is 18.9 Å². The number of nitrogens with zero attached hydrogens (tertiary/aromatic N) is 1. The van der Waals surface area contributed by atoms with Gasteiger partial charge in [-0.05, 0) is 25.0 Å². The maximum Gasteiger partial charge on any atom is 0.167 e. The van der Waals surface area contributed by atoms with Crippen molar-refractivity contribution in [2.24, 2.45) is 5.41 Å². The van der Waals surface area contributed by atoms with Crippen LogP contribution in [0.1, 0.15) is 12.8 Å². The molecule has 0 radical (unpaired) electrons. The highest BCUT2D eigenvalue weighted by molar-refractivity contribution is 7.13. The van der Waals surface area contributed by atoms with Gasteiger partial charge in [0, 0.05) is 24.6 Å². The minimum atomic E-state index is -0.618. The van der Waals surface area contributed by atoms with Crippen LogP contribution < -0.4 is 4.74 Å². The van der Waals surface area contributed by atoms with E-state index >= 15 is 0 Å². The summed E-state index contributed by atoms with van der Waals surface area (Å²) in [6.07, 6.45) is 2.01. The van der Waals surface area contributed by atoms with E-state index in [1.807, 2.05) is 0 Å². The molecule has 0 aromatic heterocycles. The summed E-state index contributed by atoms with van der Waals surface area (Å²) in [6.45, 7) is 2.15. The standard InChI is InChI=1S/C12H14F2NOP/c13-8-1-2-11(10(14)3-8)16-9-4-12(5-9)6-15(17)7-12/h1-3,9H,4-7,17H2. The van der Waals surface area contributed by atoms with Gasteiger partial charge < -0.3 is 4.74 Å². The molecule has 1 saturated heterocycles. The Balaban J connectivity index is 1.59. The molecule has 17 heavy (non-hydrogen) atoms. The number of benzene rings is 1. The third-order valence-corrected chi connectivity index (χ3v) is 3.95. The molecule has 3 rings (SSSR count). The van der Waals surface area contributed by atoms with Crippen LogP contribution in [0.2, 0.25) is 0 Å². The maximum absolute atomic E-state index is 13.3. The maximum atomic E-state index is 13.3. The van der Waals surface area contributed by atoms with Gasteiger partial charge in [0.25, 0.3) is 0 Å². The van der Waals surface area contributed by atoms with Crippen molar-refractivity contribution in [3.8, 4) is 5.75 Å². The van der Waals surface area contributed by atoms with Crippen molar-refractivity contribution in [1.82, 2.24) is 4.67 Å². The molecule has 2 aliphatic rings. The van der Waals surface area contributed by atoms with Gasteiger partial charge >= 0.3 is 0 Å². The van der Waals surface area contributed by atoms with Crippen molar-refractivity contribution in [3.63, 3.8) is 0 Å². The van der Waals surface area contributed by atoms with E-state index in [9.17, 15) is 8.78 Å². The fourth-order valence-electron chi connectivity index (χ4n) is 2.81. The minimum Gasteiger partial charge on any atom is -0.487 e. The summed E-state index contributed by atoms with van der Waals surface area (Å²) in [5.41, 5.74) is 0.392. The molecule has 1 aliphatic carbocycles. The molecule has 1 aliphatic heterocycles. The number of hydrogen-bond donors (Lipinski definition) is 0. The predicted molar refractivity (Wildman–Crippen MR) is 63.7 cm³/mol. The van der Waals surface area contributed by atoms with Gasteiger partial charge in [0.15, 0.2) is 11.6 Å². The average molecular weight is 257 g/mol. The van der Waals surface area contributed by atoms with Crippen LogP contribution in [0.4, 0.5) is 8.78 Å². The predicted octanol–water partition coefficient (Wildman–Crippen LogP) is 2.60. The monoisotopic (exact) mass is 257 g/mol. The first-order chi connectivity index (χ1) is 8.06. The summed E-state index contributed by atoms with van der Waals surface area (Å²) >= 11 is 0. The second kappa shape index (κ2) is 3.89. The van der Waals surface area contributed by atoms with E-state index < -0.39 is 11.6 Å². The van der Waals surface area contributed by atoms with E-state index in [2.05, 4.69) is 14.1 Å². The molecule has 1 spiro atoms. The van der Waals surface area contributed by atoms with Gasteiger partial charge in [0.2, 0.25) is 0 Å². The number of ether oxygens (including phenoxy) is 1. The van der Waals surface area contributed by atoms with Gasteiger partial charge in [0.1, 0.15) is 11.9 Å². The molecule has 1 aromatic carbocycles. The molecule has 2 nitrogen and oxygen atoms in total. The molecule has 1 atom stereocenters. The second-order valence-corrected chi connectivity index (χ2v) is 5.86. The third kappa shape index (κ3) is 2.04. The van der Waals surface area contributed by atoms with Crippen LogP contribution in [0.15, 0.2) is 18.2 Å². The van der Waals surface area contributed by atoms with Crippen molar-refractivity contribution in [2.75, 3.05) is 13.1 Å². The smallest absolute Gasteiger partial charge is 0.167 e. The lowest BCUT2D eigenvalue weighted by Crippen LogP contribution is -2.61. The Labute approximate surface area is 101 Å². The number of halogens is 2. The zero-order valence-electron chi connectivity index (χ0n) is 9.33. The van der Waals surface area contributed by atoms with E-state index in [1.165, 1.54) is 12.1 Å². The molecular formula is C12H14F2NOP. The van der Waals surface area contributed by atoms with Gasteiger partial charge in [-0.1, -0.05) is 9.39 Å². The van der Waals surface area contributed by atoms with Crippen LogP contribution in [-0.2, 0) is 0 Å². The van der Waals surface area contributed by atoms with Crippen molar-refractivity contribution in [3.05, 3.63) is 29.8 Å². The normalized spacial score (nSPS) is 23.2. The second-order valence-electron chi connectivity index (χ2n) is 5.13. The van der Waals surface area contributed by atoms with Gasteiger partial charge in [-0.15, -0.1) is 0 Å². The van der Waals surface area contributed by atoms with Gasteiger partial charge in [-0.3, -0.25) is 4.67 Å². The quantitative estimate of drug-likeness (QED) is 0.755. The molecule has 0 N–H and O–H groups in total. The molecule has 1 aromatic rings. The SMILES string of the molecule is Fc1ccc(OC2CC3(C2)CN(P)C3)c(F)c1. The molecule has 5 heteroatoms. The topological polar surface area (TPSA) is 12.5 Å². The average Bonchev–Trinajstić information content (AvgIpc) is 2.16. The van der Waals surface area contributed by atoms with E-state index in [4.69, 9.17) is 4.74 Å². The van der Waals surface area contributed by atoms with Gasteiger partial charge in [-0.2, -0.15) is 0 Å². The van der Waals surface area contributed by atoms with Crippen molar-refractivity contribution in [1.29, 1.82) is 0 Å². The summed E-state index contributed by atoms with van der Waals surface area (Å²) in [4.78, 5) is 0. The highest BCUT2D eigenvalue weighted by Gasteiger charge is 2.52. The van der Waals surface area contributed by atoms with Crippen LogP contribution >= 0.6 is 9.39 Å². The Hall–Kier alpha value is -0.730. The lowest BCUT2D eigenvalue weighted by molar-refractivity contribution is -0.0851. The van der Waals surface area contributed by atoms with Crippen LogP contribution in [0.5, 0.6) is 5.75 Å². The highest BCUT2D eigenvalue weighted by atomic mass is 31.0. The first-order valence-electron chi connectivity index (χ1n) is 5.68. The Morgan fingerprint density at radius 2 is 2.00 bits per heavy atom. The number of rotatable bonds is 2. The zero-order valence-corrected chi connectivity index (χ0v) is 10.5. The molecule has 0 bridgehead atoms. The van der Waals surface area contributed by atoms with E-state index in [0.717, 1.165) is 32.0 Å². The molecule has 1 saturated carbocycles. The third-order valence-electron chi connectivity index (χ3n) is 3.59. The first-order valence-corrected chi connectivity index (χ1v) is 6.19. The molecule has 1 unspecified atom stereocenters. The molecule has 1 heterocycles. The van der Waals surface area contributed by atoms with Gasteiger partial charge in [0.05, 0.1) is 0 Å². The van der Waals surface area contributed by atoms with Crippen LogP contribution in [0, 0.1) is 17.0 Å². The summed E-state index contributed by atoms with van der Waals surface area (Å²) in [5.74, 6) is -1.03. The molecule has 2 fully saturated rings. The Morgan fingerprint density at radius 3 is 2.59 bits per heavy atom. The van der Waals surface area contributed by atoms with E-state index in [-0.39, 0.29) is 11.9 Å². The van der Waals surface area contributed by atoms with Crippen LogP contribution in [0.25, 0.3) is 0 Å². The molecule has 92 valence electrons. The summed E-state index contributed by atoms with van der Waals surface area (Å²) in [6, 6.07) is 3.44. The lowest BCUT2D eigenvalue weighted by Gasteiger charge is -2.57. The summed E-state index contributed by atoms with van der Waals surface area (Å²) < 4.78 is 33.8. The fourth-order valence-corrected chi connectivity index (χ4v) is 3.59. The van der Waals surface area contributed by atoms with Crippen molar-refractivity contribution >= 4 is 9.39 Å². The van der Waals surface area contributed by atoms with E-state index in [1.54, 1.807) is 0 Å². The Morgan fingerprint density at radius 1 is 1.29 bits per heavy atom. The molecule has 0 amide bonds. The number of hydrogen-bond acceptors (Lipinski definition) is 2. The summed E-state index contributed by atoms with van der Waals surface area (Å²) in [7, 11) is 2.68. The fraction of sp³-hybridized carbons (Fsp3) is 0.500. The van der Waals surface area contributed by atoms with E-state index in [0.29, 0.717) is 5.41 Å². The Kier molecular flexibility index (Phi) is 2.60.